The molecule has 0 spiro atoms. The van der Waals surface area contributed by atoms with Crippen LogP contribution in [0.1, 0.15) is 52.4 Å². The van der Waals surface area contributed by atoms with Gasteiger partial charge in [0.1, 0.15) is 0 Å². The molecule has 0 aliphatic rings. The summed E-state index contributed by atoms with van der Waals surface area (Å²) in [6, 6.07) is 0. The third-order valence-corrected chi connectivity index (χ3v) is 3.51. The number of rotatable bonds is 9. The van der Waals surface area contributed by atoms with Gasteiger partial charge in [0.05, 0.1) is 0 Å². The maximum atomic E-state index is 8.97. The first kappa shape index (κ1) is 14.3. The standard InChI is InChI=1S/C12H26OS/c1-3-11(7-5-6-10-14)12(4-2)8-9-13/h11-14H,3-10H2,1-2H3. The van der Waals surface area contributed by atoms with Gasteiger partial charge in [-0.2, -0.15) is 12.6 Å². The van der Waals surface area contributed by atoms with Gasteiger partial charge >= 0.3 is 0 Å². The second kappa shape index (κ2) is 9.85. The van der Waals surface area contributed by atoms with E-state index in [1.54, 1.807) is 0 Å². The average molecular weight is 218 g/mol. The van der Waals surface area contributed by atoms with Gasteiger partial charge in [-0.15, -0.1) is 0 Å². The molecule has 14 heavy (non-hydrogen) atoms. The van der Waals surface area contributed by atoms with Crippen molar-refractivity contribution in [3.63, 3.8) is 0 Å². The van der Waals surface area contributed by atoms with Crippen LogP contribution in [0.5, 0.6) is 0 Å². The molecule has 0 bridgehead atoms. The predicted molar refractivity (Wildman–Crippen MR) is 67.0 cm³/mol. The summed E-state index contributed by atoms with van der Waals surface area (Å²) in [4.78, 5) is 0. The number of aliphatic hydroxyl groups excluding tert-OH is 1. The first-order valence-corrected chi connectivity index (χ1v) is 6.65. The van der Waals surface area contributed by atoms with E-state index in [2.05, 4.69) is 26.5 Å². The van der Waals surface area contributed by atoms with Gasteiger partial charge in [-0.3, -0.25) is 0 Å². The van der Waals surface area contributed by atoms with Crippen molar-refractivity contribution in [2.45, 2.75) is 52.4 Å². The highest BCUT2D eigenvalue weighted by molar-refractivity contribution is 7.80. The van der Waals surface area contributed by atoms with E-state index in [4.69, 9.17) is 5.11 Å². The quantitative estimate of drug-likeness (QED) is 0.448. The van der Waals surface area contributed by atoms with Gasteiger partial charge in [0.2, 0.25) is 0 Å². The lowest BCUT2D eigenvalue weighted by Gasteiger charge is -2.24. The summed E-state index contributed by atoms with van der Waals surface area (Å²) in [6.45, 7) is 4.86. The lowest BCUT2D eigenvalue weighted by Crippen LogP contribution is -2.15. The molecular weight excluding hydrogens is 192 g/mol. The Kier molecular flexibility index (Phi) is 10.1. The Morgan fingerprint density at radius 1 is 1.00 bits per heavy atom. The van der Waals surface area contributed by atoms with Crippen LogP contribution in [0.2, 0.25) is 0 Å². The van der Waals surface area contributed by atoms with Crippen LogP contribution < -0.4 is 0 Å². The molecule has 0 fully saturated rings. The summed E-state index contributed by atoms with van der Waals surface area (Å²) in [5.41, 5.74) is 0. The van der Waals surface area contributed by atoms with Gasteiger partial charge in [-0.1, -0.05) is 39.5 Å². The lowest BCUT2D eigenvalue weighted by molar-refractivity contribution is 0.202. The zero-order valence-electron chi connectivity index (χ0n) is 9.71. The zero-order chi connectivity index (χ0) is 10.8. The fourth-order valence-corrected chi connectivity index (χ4v) is 2.45. The molecule has 2 atom stereocenters. The van der Waals surface area contributed by atoms with E-state index in [9.17, 15) is 0 Å². The zero-order valence-corrected chi connectivity index (χ0v) is 10.6. The highest BCUT2D eigenvalue weighted by Gasteiger charge is 2.16. The minimum absolute atomic E-state index is 0.349. The van der Waals surface area contributed by atoms with Crippen LogP contribution in [0, 0.1) is 11.8 Å². The number of hydrogen-bond acceptors (Lipinski definition) is 2. The summed E-state index contributed by atoms with van der Waals surface area (Å²) in [7, 11) is 0. The lowest BCUT2D eigenvalue weighted by atomic mass is 9.82. The third-order valence-electron chi connectivity index (χ3n) is 3.20. The van der Waals surface area contributed by atoms with Crippen LogP contribution in [0.25, 0.3) is 0 Å². The number of unbranched alkanes of at least 4 members (excludes halogenated alkanes) is 1. The van der Waals surface area contributed by atoms with E-state index in [-0.39, 0.29) is 0 Å². The van der Waals surface area contributed by atoms with Crippen molar-refractivity contribution in [3.8, 4) is 0 Å². The molecule has 0 saturated carbocycles. The number of aliphatic hydroxyl groups is 1. The summed E-state index contributed by atoms with van der Waals surface area (Å²) in [5, 5.41) is 8.97. The van der Waals surface area contributed by atoms with Crippen molar-refractivity contribution < 1.29 is 5.11 Å². The van der Waals surface area contributed by atoms with Crippen LogP contribution in [-0.4, -0.2) is 17.5 Å². The van der Waals surface area contributed by atoms with Crippen LogP contribution in [-0.2, 0) is 0 Å². The van der Waals surface area contributed by atoms with Crippen molar-refractivity contribution in [3.05, 3.63) is 0 Å². The van der Waals surface area contributed by atoms with Gasteiger partial charge in [-0.25, -0.2) is 0 Å². The molecule has 0 rings (SSSR count). The highest BCUT2D eigenvalue weighted by atomic mass is 32.1. The molecule has 1 nitrogen and oxygen atoms in total. The molecule has 86 valence electrons. The maximum absolute atomic E-state index is 8.97. The van der Waals surface area contributed by atoms with Crippen molar-refractivity contribution in [2.75, 3.05) is 12.4 Å². The largest absolute Gasteiger partial charge is 0.396 e. The van der Waals surface area contributed by atoms with Gasteiger partial charge in [0, 0.05) is 6.61 Å². The molecule has 0 heterocycles. The first-order valence-electron chi connectivity index (χ1n) is 6.01. The molecule has 0 amide bonds. The third kappa shape index (κ3) is 5.92. The molecule has 0 saturated heterocycles. The molecule has 0 aliphatic heterocycles. The normalized spacial score (nSPS) is 15.4. The van der Waals surface area contributed by atoms with E-state index < -0.39 is 0 Å². The second-order valence-electron chi connectivity index (χ2n) is 4.07. The predicted octanol–water partition coefficient (Wildman–Crippen LogP) is 3.52. The molecule has 1 N–H and O–H groups in total. The summed E-state index contributed by atoms with van der Waals surface area (Å²) >= 11 is 4.23. The van der Waals surface area contributed by atoms with Gasteiger partial charge < -0.3 is 5.11 Å². The minimum atomic E-state index is 0.349. The van der Waals surface area contributed by atoms with Crippen LogP contribution >= 0.6 is 12.6 Å². The fourth-order valence-electron chi connectivity index (χ4n) is 2.23. The molecule has 0 aromatic heterocycles. The molecule has 2 unspecified atom stereocenters. The Bertz CT molecular complexity index is 117. The molecular formula is C12H26OS. The maximum Gasteiger partial charge on any atom is 0.0433 e. The summed E-state index contributed by atoms with van der Waals surface area (Å²) < 4.78 is 0. The topological polar surface area (TPSA) is 20.2 Å². The molecule has 0 radical (unpaired) electrons. The van der Waals surface area contributed by atoms with E-state index >= 15 is 0 Å². The molecule has 0 aromatic rings. The second-order valence-corrected chi connectivity index (χ2v) is 4.52. The van der Waals surface area contributed by atoms with Crippen LogP contribution in [0.3, 0.4) is 0 Å². The van der Waals surface area contributed by atoms with E-state index in [0.29, 0.717) is 6.61 Å². The summed E-state index contributed by atoms with van der Waals surface area (Å²) in [6.07, 6.45) is 7.29. The number of thiol groups is 1. The Morgan fingerprint density at radius 2 is 1.57 bits per heavy atom. The van der Waals surface area contributed by atoms with Crippen molar-refractivity contribution in [1.82, 2.24) is 0 Å². The monoisotopic (exact) mass is 218 g/mol. The summed E-state index contributed by atoms with van der Waals surface area (Å²) in [5.74, 6) is 2.55. The Balaban J connectivity index is 3.81. The molecule has 0 aromatic carbocycles. The van der Waals surface area contributed by atoms with Crippen LogP contribution in [0.4, 0.5) is 0 Å². The molecule has 0 aliphatic carbocycles. The smallest absolute Gasteiger partial charge is 0.0433 e. The number of hydrogen-bond donors (Lipinski definition) is 2. The van der Waals surface area contributed by atoms with Gasteiger partial charge in [0.25, 0.3) is 0 Å². The van der Waals surface area contributed by atoms with E-state index in [1.807, 2.05) is 0 Å². The first-order chi connectivity index (χ1) is 6.79. The van der Waals surface area contributed by atoms with E-state index in [1.165, 1.54) is 32.1 Å². The Hall–Kier alpha value is 0.310. The van der Waals surface area contributed by atoms with E-state index in [0.717, 1.165) is 24.0 Å². The Morgan fingerprint density at radius 3 is 2.00 bits per heavy atom. The SMILES string of the molecule is CCC(CCO)C(CC)CCCCS. The minimum Gasteiger partial charge on any atom is -0.396 e. The van der Waals surface area contributed by atoms with Gasteiger partial charge in [0.15, 0.2) is 0 Å². The molecule has 2 heteroatoms. The fraction of sp³-hybridized carbons (Fsp3) is 1.00. The van der Waals surface area contributed by atoms with Crippen molar-refractivity contribution in [1.29, 1.82) is 0 Å². The van der Waals surface area contributed by atoms with Crippen LogP contribution in [0.15, 0.2) is 0 Å². The highest BCUT2D eigenvalue weighted by Crippen LogP contribution is 2.27. The van der Waals surface area contributed by atoms with Crippen molar-refractivity contribution >= 4 is 12.6 Å². The average Bonchev–Trinajstić information content (AvgIpc) is 2.22. The Labute approximate surface area is 94.7 Å². The van der Waals surface area contributed by atoms with Gasteiger partial charge in [-0.05, 0) is 30.4 Å². The van der Waals surface area contributed by atoms with Crippen molar-refractivity contribution in [2.24, 2.45) is 11.8 Å².